The zero-order valence-corrected chi connectivity index (χ0v) is 23.2. The average Bonchev–Trinajstić information content (AvgIpc) is 2.85. The number of rotatable bonds is 8. The molecule has 202 valence electrons. The number of nitrogens with one attached hydrogen (secondary N) is 1. The van der Waals surface area contributed by atoms with Gasteiger partial charge in [0.2, 0.25) is 5.91 Å². The Morgan fingerprint density at radius 3 is 2.35 bits per heavy atom. The van der Waals surface area contributed by atoms with E-state index in [0.717, 1.165) is 6.07 Å². The van der Waals surface area contributed by atoms with E-state index in [1.807, 2.05) is 22.6 Å². The second-order valence-electron chi connectivity index (χ2n) is 8.21. The maximum absolute atomic E-state index is 13.3. The number of phenolic OH excluding ortho intramolecular Hbond substituents is 2. The van der Waals surface area contributed by atoms with Crippen LogP contribution in [0.2, 0.25) is 0 Å². The fraction of sp³-hybridized carbons (Fsp3) is 0.440. The summed E-state index contributed by atoms with van der Waals surface area (Å²) < 4.78 is 33.3. The number of halogens is 1. The maximum Gasteiger partial charge on any atom is 0.342 e. The number of carbonyl (C=O) groups excluding carboxylic acids is 2. The monoisotopic (exact) mass is 631 g/mol. The molecular formula is C25H30INO10. The van der Waals surface area contributed by atoms with Crippen molar-refractivity contribution in [2.45, 2.75) is 36.7 Å². The summed E-state index contributed by atoms with van der Waals surface area (Å²) in [6, 6.07) is 2.67. The van der Waals surface area contributed by atoms with Crippen molar-refractivity contribution in [3.05, 3.63) is 34.4 Å². The summed E-state index contributed by atoms with van der Waals surface area (Å²) in [4.78, 5) is 26.3. The largest absolute Gasteiger partial charge is 0.507 e. The summed E-state index contributed by atoms with van der Waals surface area (Å²) >= 11 is 2.05. The number of phenols is 2. The lowest BCUT2D eigenvalue weighted by Gasteiger charge is -2.23. The number of benzene rings is 2. The van der Waals surface area contributed by atoms with Gasteiger partial charge in [-0.15, -0.1) is 0 Å². The molecule has 1 aliphatic heterocycles. The summed E-state index contributed by atoms with van der Waals surface area (Å²) in [5.41, 5.74) is 1.48. The Balaban J connectivity index is 2.19. The number of aromatic hydroxyl groups is 2. The van der Waals surface area contributed by atoms with Gasteiger partial charge in [0, 0.05) is 54.7 Å². The van der Waals surface area contributed by atoms with Crippen molar-refractivity contribution in [3.8, 4) is 28.7 Å². The lowest BCUT2D eigenvalue weighted by Crippen LogP contribution is -2.20. The normalized spacial score (nSPS) is 15.9. The van der Waals surface area contributed by atoms with Gasteiger partial charge in [0.05, 0.1) is 12.8 Å². The van der Waals surface area contributed by atoms with Crippen LogP contribution in [-0.4, -0.2) is 63.1 Å². The molecule has 0 fully saturated rings. The van der Waals surface area contributed by atoms with Crippen LogP contribution in [0.1, 0.15) is 40.4 Å². The minimum atomic E-state index is -0.781. The second-order valence-corrected chi connectivity index (χ2v) is 8.98. The number of carbonyl (C=O) groups is 2. The molecule has 0 saturated heterocycles. The van der Waals surface area contributed by atoms with E-state index < -0.39 is 23.7 Å². The first-order valence-electron chi connectivity index (χ1n) is 11.4. The molecular weight excluding hydrogens is 601 g/mol. The lowest BCUT2D eigenvalue weighted by molar-refractivity contribution is -0.116. The minimum absolute atomic E-state index is 0.0647. The molecule has 1 amide bonds. The van der Waals surface area contributed by atoms with Crippen LogP contribution in [-0.2, 0) is 36.3 Å². The molecule has 2 aromatic carbocycles. The first-order valence-corrected chi connectivity index (χ1v) is 12.9. The van der Waals surface area contributed by atoms with Crippen molar-refractivity contribution in [1.82, 2.24) is 0 Å². The maximum atomic E-state index is 13.3. The smallest absolute Gasteiger partial charge is 0.342 e. The van der Waals surface area contributed by atoms with E-state index in [0.29, 0.717) is 32.6 Å². The van der Waals surface area contributed by atoms with Crippen molar-refractivity contribution in [1.29, 1.82) is 0 Å². The van der Waals surface area contributed by atoms with Gasteiger partial charge in [-0.1, -0.05) is 22.6 Å². The van der Waals surface area contributed by atoms with Crippen LogP contribution in [0.5, 0.6) is 28.7 Å². The van der Waals surface area contributed by atoms with Crippen molar-refractivity contribution in [2.24, 2.45) is 0 Å². The van der Waals surface area contributed by atoms with Gasteiger partial charge < -0.3 is 44.0 Å². The highest BCUT2D eigenvalue weighted by atomic mass is 127. The van der Waals surface area contributed by atoms with E-state index in [1.165, 1.54) is 21.3 Å². The average molecular weight is 631 g/mol. The number of amides is 1. The zero-order chi connectivity index (χ0) is 27.1. The molecule has 3 rings (SSSR count). The van der Waals surface area contributed by atoms with Crippen LogP contribution in [0, 0.1) is 0 Å². The molecule has 2 aromatic rings. The Bertz CT molecular complexity index is 1150. The molecule has 1 atom stereocenters. The number of cyclic esters (lactones) is 1. The Morgan fingerprint density at radius 1 is 1.00 bits per heavy atom. The third-order valence-electron chi connectivity index (χ3n) is 5.67. The summed E-state index contributed by atoms with van der Waals surface area (Å²) in [6.45, 7) is 1.47. The predicted octanol–water partition coefficient (Wildman–Crippen LogP) is 3.68. The molecule has 37 heavy (non-hydrogen) atoms. The van der Waals surface area contributed by atoms with Crippen molar-refractivity contribution >= 4 is 40.2 Å². The molecule has 2 bridgehead atoms. The fourth-order valence-electron chi connectivity index (χ4n) is 4.11. The highest BCUT2D eigenvalue weighted by Crippen LogP contribution is 2.45. The van der Waals surface area contributed by atoms with Crippen molar-refractivity contribution < 1.29 is 48.2 Å². The highest BCUT2D eigenvalue weighted by molar-refractivity contribution is 14.1. The highest BCUT2D eigenvalue weighted by Gasteiger charge is 2.29. The van der Waals surface area contributed by atoms with Crippen LogP contribution in [0.15, 0.2) is 12.1 Å². The summed E-state index contributed by atoms with van der Waals surface area (Å²) in [5.74, 6) is -0.912. The third-order valence-corrected chi connectivity index (χ3v) is 6.43. The molecule has 0 radical (unpaired) electrons. The first-order chi connectivity index (χ1) is 17.7. The van der Waals surface area contributed by atoms with Crippen LogP contribution in [0.25, 0.3) is 0 Å². The molecule has 11 nitrogen and oxygen atoms in total. The SMILES string of the molecule is COCOc1cc2c(OCOC)c(c1OC)CC(C)OC(=O)c1c(O)cc(O)c(CI)c1CCC(=O)N2. The van der Waals surface area contributed by atoms with Gasteiger partial charge in [-0.2, -0.15) is 0 Å². The quantitative estimate of drug-likeness (QED) is 0.171. The number of methoxy groups -OCH3 is 3. The van der Waals surface area contributed by atoms with Crippen LogP contribution >= 0.6 is 22.6 Å². The molecule has 3 N–H and O–H groups in total. The van der Waals surface area contributed by atoms with Gasteiger partial charge >= 0.3 is 5.97 Å². The summed E-state index contributed by atoms with van der Waals surface area (Å²) in [6.07, 6.45) is -0.622. The molecule has 1 aliphatic rings. The topological polar surface area (TPSA) is 142 Å². The zero-order valence-electron chi connectivity index (χ0n) is 21.0. The Hall–Kier alpha value is -2.97. The third kappa shape index (κ3) is 6.48. The van der Waals surface area contributed by atoms with Gasteiger partial charge in [-0.05, 0) is 18.9 Å². The van der Waals surface area contributed by atoms with Gasteiger partial charge in [-0.3, -0.25) is 4.79 Å². The molecule has 0 aliphatic carbocycles. The molecule has 0 spiro atoms. The number of esters is 1. The summed E-state index contributed by atoms with van der Waals surface area (Å²) in [7, 11) is 4.38. The van der Waals surface area contributed by atoms with E-state index in [-0.39, 0.29) is 55.7 Å². The Kier molecular flexibility index (Phi) is 10.1. The number of ether oxygens (including phenoxy) is 6. The second kappa shape index (κ2) is 13.0. The van der Waals surface area contributed by atoms with E-state index in [1.54, 1.807) is 13.0 Å². The number of anilines is 1. The molecule has 0 saturated carbocycles. The summed E-state index contributed by atoms with van der Waals surface area (Å²) in [5, 5.41) is 23.8. The predicted molar refractivity (Wildman–Crippen MR) is 141 cm³/mol. The van der Waals surface area contributed by atoms with Crippen LogP contribution < -0.4 is 19.5 Å². The minimum Gasteiger partial charge on any atom is -0.507 e. The van der Waals surface area contributed by atoms with Crippen molar-refractivity contribution in [2.75, 3.05) is 40.2 Å². The van der Waals surface area contributed by atoms with Gasteiger partial charge in [0.1, 0.15) is 23.2 Å². The standard InChI is InChI=1S/C25H30INO10/c1-13-7-15-23(36-12-33-3)17(8-20(24(15)34-4)35-11-32-2)27-21(30)6-5-14-16(10-26)18(28)9-19(29)22(14)25(31)37-13/h8-9,13,28-29H,5-7,10-12H2,1-4H3,(H,27,30). The van der Waals surface area contributed by atoms with Crippen LogP contribution in [0.3, 0.4) is 0 Å². The molecule has 12 heteroatoms. The van der Waals surface area contributed by atoms with E-state index in [2.05, 4.69) is 5.32 Å². The Morgan fingerprint density at radius 2 is 1.70 bits per heavy atom. The van der Waals surface area contributed by atoms with E-state index >= 15 is 0 Å². The van der Waals surface area contributed by atoms with Crippen LogP contribution in [0.4, 0.5) is 5.69 Å². The number of fused-ring (bicyclic) bond motifs is 3. The molecule has 0 aromatic heterocycles. The lowest BCUT2D eigenvalue weighted by atomic mass is 9.95. The van der Waals surface area contributed by atoms with Gasteiger partial charge in [0.15, 0.2) is 30.8 Å². The van der Waals surface area contributed by atoms with Crippen molar-refractivity contribution in [3.63, 3.8) is 0 Å². The Labute approximate surface area is 228 Å². The van der Waals surface area contributed by atoms with Gasteiger partial charge in [0.25, 0.3) is 0 Å². The van der Waals surface area contributed by atoms with E-state index in [9.17, 15) is 19.8 Å². The molecule has 1 unspecified atom stereocenters. The number of hydrogen-bond donors (Lipinski definition) is 3. The number of hydrogen-bond acceptors (Lipinski definition) is 10. The molecule has 1 heterocycles. The first kappa shape index (κ1) is 28.6. The fourth-order valence-corrected chi connectivity index (χ4v) is 4.97. The van der Waals surface area contributed by atoms with Gasteiger partial charge in [-0.25, -0.2) is 4.79 Å². The number of alkyl halides is 1. The van der Waals surface area contributed by atoms with E-state index in [4.69, 9.17) is 28.4 Å².